The Hall–Kier alpha value is -1.46. The molecule has 1 amide bonds. The van der Waals surface area contributed by atoms with Crippen LogP contribution in [0, 0.1) is 0 Å². The molecule has 1 aromatic heterocycles. The molecule has 0 fully saturated rings. The first kappa shape index (κ1) is 14.9. The van der Waals surface area contributed by atoms with Crippen LogP contribution >= 0.6 is 23.4 Å². The molecule has 1 heterocycles. The van der Waals surface area contributed by atoms with Crippen molar-refractivity contribution < 1.29 is 4.79 Å². The second-order valence-electron chi connectivity index (χ2n) is 4.38. The summed E-state index contributed by atoms with van der Waals surface area (Å²) < 4.78 is 1.75. The Morgan fingerprint density at radius 2 is 2.10 bits per heavy atom. The molecule has 0 saturated carbocycles. The van der Waals surface area contributed by atoms with Crippen molar-refractivity contribution in [3.05, 3.63) is 47.2 Å². The molecular formula is C14H16ClN3OS. The summed E-state index contributed by atoms with van der Waals surface area (Å²) in [4.78, 5) is 13.1. The fourth-order valence-corrected chi connectivity index (χ4v) is 2.68. The zero-order valence-corrected chi connectivity index (χ0v) is 12.9. The largest absolute Gasteiger partial charge is 0.349 e. The van der Waals surface area contributed by atoms with Gasteiger partial charge in [0.25, 0.3) is 0 Å². The van der Waals surface area contributed by atoms with E-state index in [1.54, 1.807) is 10.9 Å². The van der Waals surface area contributed by atoms with Gasteiger partial charge in [0.15, 0.2) is 0 Å². The Morgan fingerprint density at radius 3 is 2.70 bits per heavy atom. The van der Waals surface area contributed by atoms with Crippen LogP contribution in [0.3, 0.4) is 0 Å². The Morgan fingerprint density at radius 1 is 1.40 bits per heavy atom. The molecule has 6 heteroatoms. The molecule has 20 heavy (non-hydrogen) atoms. The summed E-state index contributed by atoms with van der Waals surface area (Å²) in [5, 5.41) is 7.51. The molecule has 0 bridgehead atoms. The molecule has 0 aliphatic rings. The summed E-state index contributed by atoms with van der Waals surface area (Å²) in [7, 11) is 1.85. The molecule has 1 unspecified atom stereocenters. The van der Waals surface area contributed by atoms with Crippen LogP contribution in [0.2, 0.25) is 5.02 Å². The molecule has 1 atom stereocenters. The van der Waals surface area contributed by atoms with Crippen molar-refractivity contribution in [2.45, 2.75) is 23.6 Å². The molecule has 2 rings (SSSR count). The van der Waals surface area contributed by atoms with Crippen molar-refractivity contribution >= 4 is 29.3 Å². The van der Waals surface area contributed by atoms with Gasteiger partial charge in [-0.2, -0.15) is 5.10 Å². The average Bonchev–Trinajstić information content (AvgIpc) is 2.84. The van der Waals surface area contributed by atoms with Gasteiger partial charge < -0.3 is 5.32 Å². The summed E-state index contributed by atoms with van der Waals surface area (Å²) in [5.41, 5.74) is 0.974. The first-order chi connectivity index (χ1) is 9.56. The van der Waals surface area contributed by atoms with E-state index in [9.17, 15) is 4.79 Å². The van der Waals surface area contributed by atoms with Gasteiger partial charge in [0.1, 0.15) is 0 Å². The molecule has 4 nitrogen and oxygen atoms in total. The molecule has 0 spiro atoms. The van der Waals surface area contributed by atoms with Crippen molar-refractivity contribution in [1.82, 2.24) is 15.1 Å². The van der Waals surface area contributed by atoms with Gasteiger partial charge in [-0.3, -0.25) is 9.48 Å². The third kappa shape index (κ3) is 4.02. The number of nitrogens with one attached hydrogen (secondary N) is 1. The van der Waals surface area contributed by atoms with E-state index >= 15 is 0 Å². The standard InChI is InChI=1S/C14H16ClN3OS/c1-10(20-13-5-3-11(15)4-6-13)14(19)16-9-12-7-8-17-18(12)2/h3-8,10H,9H2,1-2H3,(H,16,19). The quantitative estimate of drug-likeness (QED) is 0.864. The lowest BCUT2D eigenvalue weighted by molar-refractivity contribution is -0.120. The first-order valence-electron chi connectivity index (χ1n) is 6.23. The van der Waals surface area contributed by atoms with Gasteiger partial charge in [0, 0.05) is 23.2 Å². The molecule has 1 aromatic carbocycles. The van der Waals surface area contributed by atoms with Gasteiger partial charge in [-0.25, -0.2) is 0 Å². The van der Waals surface area contributed by atoms with Crippen molar-refractivity contribution in [3.63, 3.8) is 0 Å². The maximum atomic E-state index is 12.0. The second kappa shape index (κ2) is 6.81. The van der Waals surface area contributed by atoms with Crippen LogP contribution in [-0.4, -0.2) is 20.9 Å². The summed E-state index contributed by atoms with van der Waals surface area (Å²) in [6, 6.07) is 9.36. The summed E-state index contributed by atoms with van der Waals surface area (Å²) in [6.07, 6.45) is 1.72. The van der Waals surface area contributed by atoms with Crippen LogP contribution in [0.1, 0.15) is 12.6 Å². The molecular weight excluding hydrogens is 294 g/mol. The normalized spacial score (nSPS) is 12.2. The number of nitrogens with zero attached hydrogens (tertiary/aromatic N) is 2. The monoisotopic (exact) mass is 309 g/mol. The number of aromatic nitrogens is 2. The lowest BCUT2D eigenvalue weighted by atomic mass is 10.4. The van der Waals surface area contributed by atoms with Gasteiger partial charge >= 0.3 is 0 Å². The van der Waals surface area contributed by atoms with E-state index in [-0.39, 0.29) is 11.2 Å². The van der Waals surface area contributed by atoms with Crippen LogP contribution in [0.15, 0.2) is 41.4 Å². The maximum Gasteiger partial charge on any atom is 0.233 e. The third-order valence-electron chi connectivity index (χ3n) is 2.86. The van der Waals surface area contributed by atoms with Crippen molar-refractivity contribution in [2.75, 3.05) is 0 Å². The van der Waals surface area contributed by atoms with Crippen LogP contribution in [-0.2, 0) is 18.4 Å². The molecule has 0 saturated heterocycles. The maximum absolute atomic E-state index is 12.0. The number of carbonyl (C=O) groups excluding carboxylic acids is 1. The molecule has 2 aromatic rings. The van der Waals surface area contributed by atoms with Crippen LogP contribution in [0.4, 0.5) is 0 Å². The molecule has 0 radical (unpaired) electrons. The third-order valence-corrected chi connectivity index (χ3v) is 4.23. The van der Waals surface area contributed by atoms with E-state index in [4.69, 9.17) is 11.6 Å². The van der Waals surface area contributed by atoms with E-state index in [1.165, 1.54) is 11.8 Å². The minimum Gasteiger partial charge on any atom is -0.349 e. The first-order valence-corrected chi connectivity index (χ1v) is 7.49. The molecule has 0 aliphatic carbocycles. The highest BCUT2D eigenvalue weighted by Gasteiger charge is 2.14. The predicted octanol–water partition coefficient (Wildman–Crippen LogP) is 2.87. The van der Waals surface area contributed by atoms with Gasteiger partial charge in [-0.1, -0.05) is 11.6 Å². The number of thioether (sulfide) groups is 1. The van der Waals surface area contributed by atoms with E-state index < -0.39 is 0 Å². The minimum absolute atomic E-state index is 0.00569. The van der Waals surface area contributed by atoms with E-state index in [1.807, 2.05) is 44.3 Å². The lowest BCUT2D eigenvalue weighted by Crippen LogP contribution is -2.31. The summed E-state index contributed by atoms with van der Waals surface area (Å²) >= 11 is 7.34. The Balaban J connectivity index is 1.86. The van der Waals surface area contributed by atoms with Crippen LogP contribution in [0.25, 0.3) is 0 Å². The highest BCUT2D eigenvalue weighted by molar-refractivity contribution is 8.00. The highest BCUT2D eigenvalue weighted by atomic mass is 35.5. The Bertz CT molecular complexity index is 582. The number of rotatable bonds is 5. The van der Waals surface area contributed by atoms with Gasteiger partial charge in [0.2, 0.25) is 5.91 Å². The van der Waals surface area contributed by atoms with Crippen molar-refractivity contribution in [1.29, 1.82) is 0 Å². The van der Waals surface area contributed by atoms with Gasteiger partial charge in [-0.05, 0) is 37.3 Å². The average molecular weight is 310 g/mol. The second-order valence-corrected chi connectivity index (χ2v) is 6.23. The molecule has 1 N–H and O–H groups in total. The highest BCUT2D eigenvalue weighted by Crippen LogP contribution is 2.24. The topological polar surface area (TPSA) is 46.9 Å². The fourth-order valence-electron chi connectivity index (χ4n) is 1.67. The number of aryl methyl sites for hydroxylation is 1. The van der Waals surface area contributed by atoms with E-state index in [2.05, 4.69) is 10.4 Å². The zero-order valence-electron chi connectivity index (χ0n) is 11.3. The predicted molar refractivity (Wildman–Crippen MR) is 81.8 cm³/mol. The Kier molecular flexibility index (Phi) is 5.09. The van der Waals surface area contributed by atoms with Crippen LogP contribution in [0.5, 0.6) is 0 Å². The SMILES string of the molecule is CC(Sc1ccc(Cl)cc1)C(=O)NCc1ccnn1C. The number of benzene rings is 1. The number of carbonyl (C=O) groups is 1. The fraction of sp³-hybridized carbons (Fsp3) is 0.286. The number of hydrogen-bond acceptors (Lipinski definition) is 3. The minimum atomic E-state index is -0.163. The number of hydrogen-bond donors (Lipinski definition) is 1. The lowest BCUT2D eigenvalue weighted by Gasteiger charge is -2.12. The summed E-state index contributed by atoms with van der Waals surface area (Å²) in [6.45, 7) is 2.37. The number of halogens is 1. The smallest absolute Gasteiger partial charge is 0.233 e. The molecule has 106 valence electrons. The Labute approximate surface area is 127 Å². The molecule has 0 aliphatic heterocycles. The van der Waals surface area contributed by atoms with Crippen molar-refractivity contribution in [3.8, 4) is 0 Å². The van der Waals surface area contributed by atoms with Crippen molar-refractivity contribution in [2.24, 2.45) is 7.05 Å². The summed E-state index contributed by atoms with van der Waals surface area (Å²) in [5.74, 6) is 0.00569. The van der Waals surface area contributed by atoms with Crippen LogP contribution < -0.4 is 5.32 Å². The van der Waals surface area contributed by atoms with E-state index in [0.717, 1.165) is 10.6 Å². The van der Waals surface area contributed by atoms with E-state index in [0.29, 0.717) is 11.6 Å². The number of amides is 1. The zero-order chi connectivity index (χ0) is 14.5. The van der Waals surface area contributed by atoms with Gasteiger partial charge in [0.05, 0.1) is 17.5 Å². The van der Waals surface area contributed by atoms with Gasteiger partial charge in [-0.15, -0.1) is 11.8 Å².